The average molecular weight is 367 g/mol. The third-order valence-electron chi connectivity index (χ3n) is 4.99. The predicted molar refractivity (Wildman–Crippen MR) is 110 cm³/mol. The summed E-state index contributed by atoms with van der Waals surface area (Å²) in [5.74, 6) is -1.63. The Balaban J connectivity index is 1.73. The van der Waals surface area contributed by atoms with Crippen LogP contribution in [-0.4, -0.2) is 16.3 Å². The van der Waals surface area contributed by atoms with Crippen LogP contribution in [0.5, 0.6) is 0 Å². The van der Waals surface area contributed by atoms with E-state index in [1.807, 2.05) is 41.8 Å². The van der Waals surface area contributed by atoms with E-state index in [9.17, 15) is 9.59 Å². The number of carbonyl (C=O) groups is 2. The zero-order valence-electron chi connectivity index (χ0n) is 15.5. The standard InChI is InChI=1S/C24H19N2O2/c1-16-22(23(27)24(25)28)20-9-5-6-10-21(20)26(16)15-17-11-13-19(14-12-17)18-7-3-2-4-8-18/h2-8,10-14H,15H2,1H3,(H2,25,28). The van der Waals surface area contributed by atoms with E-state index in [0.29, 0.717) is 23.2 Å². The van der Waals surface area contributed by atoms with Crippen LogP contribution in [0.25, 0.3) is 22.0 Å². The Kier molecular flexibility index (Phi) is 4.53. The number of hydrogen-bond acceptors (Lipinski definition) is 2. The van der Waals surface area contributed by atoms with Crippen molar-refractivity contribution in [3.8, 4) is 11.1 Å². The molecular weight excluding hydrogens is 348 g/mol. The van der Waals surface area contributed by atoms with Crippen LogP contribution in [0.2, 0.25) is 0 Å². The fraction of sp³-hybridized carbons (Fsp3) is 0.0833. The monoisotopic (exact) mass is 367 g/mol. The van der Waals surface area contributed by atoms with Crippen LogP contribution in [0.3, 0.4) is 0 Å². The van der Waals surface area contributed by atoms with Gasteiger partial charge in [0.1, 0.15) is 0 Å². The molecule has 0 aliphatic carbocycles. The largest absolute Gasteiger partial charge is 0.363 e. The van der Waals surface area contributed by atoms with Crippen molar-refractivity contribution in [2.24, 2.45) is 5.73 Å². The highest BCUT2D eigenvalue weighted by atomic mass is 16.2. The Morgan fingerprint density at radius 2 is 1.61 bits per heavy atom. The smallest absolute Gasteiger partial charge is 0.289 e. The van der Waals surface area contributed by atoms with E-state index in [1.54, 1.807) is 6.07 Å². The topological polar surface area (TPSA) is 65.1 Å². The zero-order valence-corrected chi connectivity index (χ0v) is 15.5. The number of rotatable bonds is 5. The SMILES string of the molecule is Cc1c(C(=O)C(N)=O)c2[c]cccc2n1Cc1ccc(-c2ccccc2)cc1. The first kappa shape index (κ1) is 17.7. The van der Waals surface area contributed by atoms with Crippen LogP contribution in [0, 0.1) is 13.0 Å². The summed E-state index contributed by atoms with van der Waals surface area (Å²) >= 11 is 0. The number of benzene rings is 3. The van der Waals surface area contributed by atoms with Gasteiger partial charge in [-0.3, -0.25) is 9.59 Å². The van der Waals surface area contributed by atoms with E-state index in [4.69, 9.17) is 5.73 Å². The molecule has 0 atom stereocenters. The van der Waals surface area contributed by atoms with Gasteiger partial charge >= 0.3 is 0 Å². The Labute approximate surface area is 163 Å². The Hall–Kier alpha value is -3.66. The molecular formula is C24H19N2O2. The third-order valence-corrected chi connectivity index (χ3v) is 4.99. The lowest BCUT2D eigenvalue weighted by Crippen LogP contribution is -2.23. The maximum atomic E-state index is 12.3. The van der Waals surface area contributed by atoms with E-state index in [-0.39, 0.29) is 0 Å². The van der Waals surface area contributed by atoms with Crippen molar-refractivity contribution < 1.29 is 9.59 Å². The van der Waals surface area contributed by atoms with E-state index < -0.39 is 11.7 Å². The molecule has 0 saturated heterocycles. The minimum absolute atomic E-state index is 0.337. The first-order valence-corrected chi connectivity index (χ1v) is 9.04. The minimum atomic E-state index is -0.952. The van der Waals surface area contributed by atoms with E-state index in [0.717, 1.165) is 16.6 Å². The molecule has 4 aromatic rings. The molecule has 0 unspecified atom stereocenters. The van der Waals surface area contributed by atoms with Crippen LogP contribution in [0.15, 0.2) is 72.8 Å². The van der Waals surface area contributed by atoms with Gasteiger partial charge in [-0.25, -0.2) is 0 Å². The molecule has 1 aromatic heterocycles. The molecule has 137 valence electrons. The summed E-state index contributed by atoms with van der Waals surface area (Å²) < 4.78 is 2.03. The second-order valence-corrected chi connectivity index (χ2v) is 6.73. The number of carbonyl (C=O) groups excluding carboxylic acids is 2. The summed E-state index contributed by atoms with van der Waals surface area (Å²) in [5, 5.41) is 0.629. The molecule has 1 amide bonds. The number of fused-ring (bicyclic) bond motifs is 1. The molecule has 4 rings (SSSR count). The average Bonchev–Trinajstić information content (AvgIpc) is 3.00. The van der Waals surface area contributed by atoms with Gasteiger partial charge in [0.05, 0.1) is 5.56 Å². The second-order valence-electron chi connectivity index (χ2n) is 6.73. The summed E-state index contributed by atoms with van der Waals surface area (Å²) in [6.07, 6.45) is 0. The Bertz CT molecular complexity index is 1170. The van der Waals surface area contributed by atoms with Gasteiger partial charge in [-0.1, -0.05) is 66.7 Å². The molecule has 1 heterocycles. The predicted octanol–water partition coefficient (Wildman–Crippen LogP) is 4.13. The second kappa shape index (κ2) is 7.16. The van der Waals surface area contributed by atoms with Crippen molar-refractivity contribution >= 4 is 22.6 Å². The van der Waals surface area contributed by atoms with Crippen LogP contribution in [-0.2, 0) is 11.3 Å². The van der Waals surface area contributed by atoms with Crippen molar-refractivity contribution in [2.45, 2.75) is 13.5 Å². The summed E-state index contributed by atoms with van der Waals surface area (Å²) in [7, 11) is 0. The molecule has 28 heavy (non-hydrogen) atoms. The molecule has 4 nitrogen and oxygen atoms in total. The summed E-state index contributed by atoms with van der Waals surface area (Å²) in [6.45, 7) is 2.42. The number of amides is 1. The maximum absolute atomic E-state index is 12.3. The number of aromatic nitrogens is 1. The van der Waals surface area contributed by atoms with Gasteiger partial charge in [0, 0.05) is 23.1 Å². The highest BCUT2D eigenvalue weighted by Crippen LogP contribution is 2.27. The molecule has 0 aliphatic heterocycles. The summed E-state index contributed by atoms with van der Waals surface area (Å²) in [6, 6.07) is 27.2. The van der Waals surface area contributed by atoms with Gasteiger partial charge in [-0.15, -0.1) is 0 Å². The highest BCUT2D eigenvalue weighted by Gasteiger charge is 2.23. The normalized spacial score (nSPS) is 10.9. The first-order chi connectivity index (χ1) is 13.6. The van der Waals surface area contributed by atoms with Crippen LogP contribution in [0.4, 0.5) is 0 Å². The van der Waals surface area contributed by atoms with Gasteiger partial charge in [-0.2, -0.15) is 0 Å². The van der Waals surface area contributed by atoms with Gasteiger partial charge in [0.25, 0.3) is 11.7 Å². The summed E-state index contributed by atoms with van der Waals surface area (Å²) in [4.78, 5) is 23.8. The van der Waals surface area contributed by atoms with Crippen molar-refractivity contribution in [2.75, 3.05) is 0 Å². The number of Topliss-reactive ketones (excluding diaryl/α,β-unsaturated/α-hetero) is 1. The van der Waals surface area contributed by atoms with Crippen LogP contribution < -0.4 is 5.73 Å². The molecule has 0 fully saturated rings. The number of hydrogen-bond donors (Lipinski definition) is 1. The van der Waals surface area contributed by atoms with Crippen molar-refractivity contribution in [3.63, 3.8) is 0 Å². The lowest BCUT2D eigenvalue weighted by Gasteiger charge is -2.10. The molecule has 1 radical (unpaired) electrons. The van der Waals surface area contributed by atoms with E-state index in [1.165, 1.54) is 5.56 Å². The third kappa shape index (κ3) is 3.09. The van der Waals surface area contributed by atoms with Gasteiger partial charge in [-0.05, 0) is 35.7 Å². The lowest BCUT2D eigenvalue weighted by atomic mass is 10.0. The van der Waals surface area contributed by atoms with E-state index >= 15 is 0 Å². The number of primary amides is 1. The number of ketones is 1. The van der Waals surface area contributed by atoms with Crippen molar-refractivity contribution in [1.29, 1.82) is 0 Å². The molecule has 0 saturated carbocycles. The van der Waals surface area contributed by atoms with Gasteiger partial charge < -0.3 is 10.3 Å². The van der Waals surface area contributed by atoms with Crippen LogP contribution in [0.1, 0.15) is 21.6 Å². The molecule has 0 spiro atoms. The fourth-order valence-corrected chi connectivity index (χ4v) is 3.57. The Morgan fingerprint density at radius 1 is 0.929 bits per heavy atom. The molecule has 2 N–H and O–H groups in total. The van der Waals surface area contributed by atoms with Crippen molar-refractivity contribution in [1.82, 2.24) is 4.57 Å². The minimum Gasteiger partial charge on any atom is -0.363 e. The van der Waals surface area contributed by atoms with E-state index in [2.05, 4.69) is 42.5 Å². The van der Waals surface area contributed by atoms with Gasteiger partial charge in [0.15, 0.2) is 0 Å². The molecule has 3 aromatic carbocycles. The fourth-order valence-electron chi connectivity index (χ4n) is 3.57. The molecule has 0 aliphatic rings. The number of nitrogens with zero attached hydrogens (tertiary/aromatic N) is 1. The van der Waals surface area contributed by atoms with Crippen LogP contribution >= 0.6 is 0 Å². The summed E-state index contributed by atoms with van der Waals surface area (Å²) in [5.41, 5.74) is 10.6. The Morgan fingerprint density at radius 3 is 2.29 bits per heavy atom. The maximum Gasteiger partial charge on any atom is 0.289 e. The van der Waals surface area contributed by atoms with Crippen molar-refractivity contribution in [3.05, 3.63) is 95.7 Å². The zero-order chi connectivity index (χ0) is 19.7. The number of nitrogens with two attached hydrogens (primary N) is 1. The first-order valence-electron chi connectivity index (χ1n) is 9.04. The highest BCUT2D eigenvalue weighted by molar-refractivity contribution is 6.44. The lowest BCUT2D eigenvalue weighted by molar-refractivity contribution is -0.114. The van der Waals surface area contributed by atoms with Gasteiger partial charge in [0.2, 0.25) is 0 Å². The quantitative estimate of drug-likeness (QED) is 0.426. The molecule has 0 bridgehead atoms. The molecule has 4 heteroatoms.